The van der Waals surface area contributed by atoms with Crippen LogP contribution in [-0.4, -0.2) is 46.2 Å². The van der Waals surface area contributed by atoms with E-state index in [4.69, 9.17) is 0 Å². The van der Waals surface area contributed by atoms with Crippen LogP contribution in [0.1, 0.15) is 76.2 Å². The van der Waals surface area contributed by atoms with Crippen molar-refractivity contribution in [2.45, 2.75) is 89.2 Å². The van der Waals surface area contributed by atoms with Crippen molar-refractivity contribution in [1.82, 2.24) is 5.32 Å². The van der Waals surface area contributed by atoms with Crippen LogP contribution in [0, 0.1) is 11.8 Å². The third-order valence-corrected chi connectivity index (χ3v) is 9.28. The molecule has 1 amide bonds. The molecule has 3 atom stereocenters. The Morgan fingerprint density at radius 1 is 1.00 bits per heavy atom. The van der Waals surface area contributed by atoms with E-state index >= 15 is 0 Å². The van der Waals surface area contributed by atoms with Crippen LogP contribution in [-0.2, 0) is 20.6 Å². The molecule has 0 heterocycles. The van der Waals surface area contributed by atoms with Crippen molar-refractivity contribution < 1.29 is 24.2 Å². The van der Waals surface area contributed by atoms with Crippen LogP contribution >= 0.6 is 7.37 Å². The largest absolute Gasteiger partial charge is 0.393 e. The summed E-state index contributed by atoms with van der Waals surface area (Å²) in [5, 5.41) is 13.4. The number of carbonyl (C=O) groups excluding carboxylic acids is 2. The Kier molecular flexibility index (Phi) is 10.2. The van der Waals surface area contributed by atoms with Crippen molar-refractivity contribution in [2.24, 2.45) is 11.8 Å². The maximum absolute atomic E-state index is 13.0. The zero-order valence-corrected chi connectivity index (χ0v) is 20.6. The number of amides is 1. The van der Waals surface area contributed by atoms with E-state index in [-0.39, 0.29) is 48.7 Å². The van der Waals surface area contributed by atoms with Gasteiger partial charge in [0, 0.05) is 18.5 Å². The lowest BCUT2D eigenvalue weighted by Crippen LogP contribution is -2.44. The predicted molar refractivity (Wildman–Crippen MR) is 130 cm³/mol. The minimum absolute atomic E-state index is 0.0262. The minimum atomic E-state index is -3.42. The van der Waals surface area contributed by atoms with E-state index in [0.29, 0.717) is 6.42 Å². The molecule has 2 aliphatic rings. The normalized spacial score (nSPS) is 21.3. The van der Waals surface area contributed by atoms with Gasteiger partial charge in [-0.15, -0.1) is 0 Å². The lowest BCUT2D eigenvalue weighted by Gasteiger charge is -2.25. The van der Waals surface area contributed by atoms with Crippen molar-refractivity contribution in [3.8, 4) is 0 Å². The van der Waals surface area contributed by atoms with Crippen LogP contribution < -0.4 is 5.32 Å². The molecule has 6 nitrogen and oxygen atoms in total. The summed E-state index contributed by atoms with van der Waals surface area (Å²) >= 11 is 0. The Bertz CT molecular complexity index is 802. The first-order chi connectivity index (χ1) is 15.8. The van der Waals surface area contributed by atoms with Gasteiger partial charge in [0.2, 0.25) is 13.3 Å². The van der Waals surface area contributed by atoms with Crippen molar-refractivity contribution in [3.63, 3.8) is 0 Å². The average Bonchev–Trinajstić information content (AvgIpc) is 3.33. The smallest absolute Gasteiger partial charge is 0.223 e. The number of carbonyl (C=O) groups is 2. The number of ketones is 1. The summed E-state index contributed by atoms with van der Waals surface area (Å²) in [6.45, 7) is 0. The van der Waals surface area contributed by atoms with Crippen LogP contribution in [0.4, 0.5) is 0 Å². The molecule has 1 unspecified atom stereocenters. The number of Topliss-reactive ketones (excluding diaryl/α,β-unsaturated/α-hetero) is 1. The molecule has 1 aromatic rings. The number of aliphatic hydroxyl groups excluding tert-OH is 1. The number of rotatable bonds is 12. The molecule has 2 aliphatic carbocycles. The fourth-order valence-corrected chi connectivity index (χ4v) is 7.49. The van der Waals surface area contributed by atoms with Gasteiger partial charge in [-0.3, -0.25) is 14.2 Å². The summed E-state index contributed by atoms with van der Waals surface area (Å²) in [7, 11) is -3.42. The maximum Gasteiger partial charge on any atom is 0.223 e. The second-order valence-corrected chi connectivity index (χ2v) is 12.5. The van der Waals surface area contributed by atoms with Crippen LogP contribution in [0.15, 0.2) is 30.3 Å². The minimum Gasteiger partial charge on any atom is -0.393 e. The van der Waals surface area contributed by atoms with Crippen LogP contribution in [0.25, 0.3) is 0 Å². The summed E-state index contributed by atoms with van der Waals surface area (Å²) in [5.41, 5.74) is 0.968. The zero-order valence-electron chi connectivity index (χ0n) is 19.7. The topological polar surface area (TPSA) is 104 Å². The molecule has 0 aromatic heterocycles. The monoisotopic (exact) mass is 477 g/mol. The Balaban J connectivity index is 1.52. The molecule has 7 heteroatoms. The summed E-state index contributed by atoms with van der Waals surface area (Å²) in [5.74, 6) is 0.0464. The molecule has 0 bridgehead atoms. The van der Waals surface area contributed by atoms with Crippen molar-refractivity contribution in [3.05, 3.63) is 35.9 Å². The highest BCUT2D eigenvalue weighted by molar-refractivity contribution is 7.58. The molecular weight excluding hydrogens is 437 g/mol. The SMILES string of the molecule is O=C(N[C@@H](Cc1ccccc1)C(=O)CC[C@@H](O)CP(=O)(O)CC1CCCCC1)C1CCCC1. The van der Waals surface area contributed by atoms with Crippen molar-refractivity contribution in [1.29, 1.82) is 0 Å². The van der Waals surface area contributed by atoms with Gasteiger partial charge in [0.05, 0.1) is 18.3 Å². The molecule has 0 aliphatic heterocycles. The van der Waals surface area contributed by atoms with E-state index < -0.39 is 19.5 Å². The Hall–Kier alpha value is -1.49. The van der Waals surface area contributed by atoms with Gasteiger partial charge in [0.15, 0.2) is 5.78 Å². The van der Waals surface area contributed by atoms with E-state index in [2.05, 4.69) is 5.32 Å². The highest BCUT2D eigenvalue weighted by Gasteiger charge is 2.30. The molecule has 1 aromatic carbocycles. The molecule has 3 N–H and O–H groups in total. The van der Waals surface area contributed by atoms with E-state index in [9.17, 15) is 24.2 Å². The van der Waals surface area contributed by atoms with Crippen molar-refractivity contribution >= 4 is 19.1 Å². The summed E-state index contributed by atoms with van der Waals surface area (Å²) in [6, 6.07) is 8.95. The highest BCUT2D eigenvalue weighted by Crippen LogP contribution is 2.46. The number of hydrogen-bond donors (Lipinski definition) is 3. The zero-order chi connectivity index (χ0) is 23.7. The number of aliphatic hydroxyl groups is 1. The number of benzene rings is 1. The fraction of sp³-hybridized carbons (Fsp3) is 0.692. The van der Waals surface area contributed by atoms with Gasteiger partial charge in [-0.2, -0.15) is 0 Å². The van der Waals surface area contributed by atoms with Crippen LogP contribution in [0.3, 0.4) is 0 Å². The summed E-state index contributed by atoms with van der Waals surface area (Å²) in [4.78, 5) is 36.1. The van der Waals surface area contributed by atoms with Crippen LogP contribution in [0.2, 0.25) is 0 Å². The first-order valence-corrected chi connectivity index (χ1v) is 14.7. The van der Waals surface area contributed by atoms with Gasteiger partial charge < -0.3 is 15.3 Å². The lowest BCUT2D eigenvalue weighted by molar-refractivity contribution is -0.130. The second kappa shape index (κ2) is 12.8. The first-order valence-electron chi connectivity index (χ1n) is 12.7. The molecule has 0 spiro atoms. The van der Waals surface area contributed by atoms with Crippen LogP contribution in [0.5, 0.6) is 0 Å². The third-order valence-electron chi connectivity index (χ3n) is 7.20. The summed E-state index contributed by atoms with van der Waals surface area (Å²) < 4.78 is 12.7. The van der Waals surface area contributed by atoms with E-state index in [1.807, 2.05) is 30.3 Å². The van der Waals surface area contributed by atoms with Gasteiger partial charge in [-0.05, 0) is 50.0 Å². The Morgan fingerprint density at radius 3 is 2.30 bits per heavy atom. The Morgan fingerprint density at radius 2 is 1.64 bits per heavy atom. The molecule has 3 rings (SSSR count). The Labute approximate surface area is 198 Å². The predicted octanol–water partition coefficient (Wildman–Crippen LogP) is 4.47. The molecular formula is C26H40NO5P. The second-order valence-electron chi connectivity index (χ2n) is 10.1. The quantitative estimate of drug-likeness (QED) is 0.386. The molecule has 33 heavy (non-hydrogen) atoms. The molecule has 0 saturated heterocycles. The number of nitrogens with one attached hydrogen (secondary N) is 1. The first kappa shape index (κ1) is 26.1. The van der Waals surface area contributed by atoms with Gasteiger partial charge in [0.1, 0.15) is 0 Å². The van der Waals surface area contributed by atoms with Gasteiger partial charge >= 0.3 is 0 Å². The highest BCUT2D eigenvalue weighted by atomic mass is 31.2. The lowest BCUT2D eigenvalue weighted by atomic mass is 9.91. The van der Waals surface area contributed by atoms with E-state index in [0.717, 1.165) is 56.9 Å². The number of hydrogen-bond acceptors (Lipinski definition) is 4. The molecule has 0 radical (unpaired) electrons. The maximum atomic E-state index is 13.0. The summed E-state index contributed by atoms with van der Waals surface area (Å²) in [6.07, 6.45) is 8.95. The molecule has 2 fully saturated rings. The average molecular weight is 478 g/mol. The standard InChI is InChI=1S/C26H40NO5P/c28-23(19-33(31,32)18-21-11-5-2-6-12-21)15-16-25(29)24(17-20-9-3-1-4-10-20)27-26(30)22-13-7-8-14-22/h1,3-4,9-10,21-24,28H,2,5-8,11-19H2,(H,27,30)(H,31,32)/t23-,24+/m1/s1. The van der Waals surface area contributed by atoms with Gasteiger partial charge in [0.25, 0.3) is 0 Å². The van der Waals surface area contributed by atoms with Gasteiger partial charge in [-0.25, -0.2) is 0 Å². The molecule has 184 valence electrons. The van der Waals surface area contributed by atoms with Gasteiger partial charge in [-0.1, -0.05) is 62.4 Å². The fourth-order valence-electron chi connectivity index (χ4n) is 5.32. The van der Waals surface area contributed by atoms with E-state index in [1.54, 1.807) is 0 Å². The third kappa shape index (κ3) is 8.99. The molecule has 2 saturated carbocycles. The van der Waals surface area contributed by atoms with E-state index in [1.165, 1.54) is 6.42 Å². The van der Waals surface area contributed by atoms with Crippen molar-refractivity contribution in [2.75, 3.05) is 12.3 Å².